The molecule has 0 aliphatic heterocycles. The van der Waals surface area contributed by atoms with Crippen molar-refractivity contribution in [3.8, 4) is 5.75 Å². The summed E-state index contributed by atoms with van der Waals surface area (Å²) >= 11 is 0. The third-order valence-electron chi connectivity index (χ3n) is 7.01. The van der Waals surface area contributed by atoms with E-state index >= 15 is 0 Å². The van der Waals surface area contributed by atoms with Crippen LogP contribution in [0.15, 0.2) is 42.6 Å². The van der Waals surface area contributed by atoms with Crippen molar-refractivity contribution < 1.29 is 38.1 Å². The highest BCUT2D eigenvalue weighted by molar-refractivity contribution is 5.99. The number of carbonyl (C=O) groups excluding carboxylic acids is 2. The topological polar surface area (TPSA) is 147 Å². The number of aliphatic hydroxyl groups excluding tert-OH is 1. The molecular formula is C25H27F2N5O6. The van der Waals surface area contributed by atoms with Gasteiger partial charge in [-0.15, -0.1) is 0 Å². The zero-order valence-corrected chi connectivity index (χ0v) is 20.7. The normalized spacial score (nSPS) is 17.0. The summed E-state index contributed by atoms with van der Waals surface area (Å²) in [6.45, 7) is -0.734. The van der Waals surface area contributed by atoms with Crippen molar-refractivity contribution in [3.05, 3.63) is 48.2 Å². The number of hydrogen-bond donors (Lipinski definition) is 3. The number of ether oxygens (including phenoxy) is 1. The Morgan fingerprint density at radius 3 is 2.37 bits per heavy atom. The molecule has 1 atom stereocenters. The highest BCUT2D eigenvalue weighted by atomic mass is 19.3. The first kappa shape index (κ1) is 26.9. The van der Waals surface area contributed by atoms with Crippen LogP contribution in [-0.4, -0.2) is 80.5 Å². The van der Waals surface area contributed by atoms with E-state index in [1.54, 1.807) is 24.3 Å². The van der Waals surface area contributed by atoms with Gasteiger partial charge in [0, 0.05) is 19.9 Å². The van der Waals surface area contributed by atoms with E-state index in [0.29, 0.717) is 11.3 Å². The smallest absolute Gasteiger partial charge is 0.432 e. The van der Waals surface area contributed by atoms with Crippen LogP contribution in [0.4, 0.5) is 19.4 Å². The zero-order chi connectivity index (χ0) is 27.7. The summed E-state index contributed by atoms with van der Waals surface area (Å²) < 4.78 is 34.1. The second-order valence-corrected chi connectivity index (χ2v) is 9.21. The summed E-state index contributed by atoms with van der Waals surface area (Å²) in [5.41, 5.74) is -0.391. The molecule has 2 amide bonds. The number of alkyl halides is 2. The van der Waals surface area contributed by atoms with Gasteiger partial charge in [-0.25, -0.2) is 18.6 Å². The number of carbonyl (C=O) groups is 3. The lowest BCUT2D eigenvalue weighted by Crippen LogP contribution is -2.55. The number of nitrogens with one attached hydrogen (secondary N) is 1. The van der Waals surface area contributed by atoms with E-state index in [4.69, 9.17) is 9.84 Å². The number of aliphatic hydroxyl groups is 1. The van der Waals surface area contributed by atoms with Gasteiger partial charge in [-0.05, 0) is 42.7 Å². The van der Waals surface area contributed by atoms with Gasteiger partial charge in [0.05, 0.1) is 30.8 Å². The zero-order valence-electron chi connectivity index (χ0n) is 20.7. The van der Waals surface area contributed by atoms with Gasteiger partial charge in [0.25, 0.3) is 5.91 Å². The van der Waals surface area contributed by atoms with Crippen LogP contribution in [-0.2, 0) is 15.0 Å². The van der Waals surface area contributed by atoms with Crippen molar-refractivity contribution in [2.75, 3.05) is 26.1 Å². The minimum Gasteiger partial charge on any atom is -0.497 e. The molecule has 4 rings (SSSR count). The summed E-state index contributed by atoms with van der Waals surface area (Å²) in [7, 11) is 2.83. The van der Waals surface area contributed by atoms with Crippen LogP contribution < -0.4 is 10.1 Å². The summed E-state index contributed by atoms with van der Waals surface area (Å²) in [5.74, 6) is -3.64. The number of methoxy groups -OCH3 is 1. The Morgan fingerprint density at radius 1 is 1.13 bits per heavy atom. The Labute approximate surface area is 216 Å². The molecule has 3 aromatic rings. The van der Waals surface area contributed by atoms with Gasteiger partial charge < -0.3 is 25.2 Å². The highest BCUT2D eigenvalue weighted by Gasteiger charge is 2.51. The molecule has 0 radical (unpaired) electrons. The number of benzene rings is 1. The quantitative estimate of drug-likeness (QED) is 0.422. The Morgan fingerprint density at radius 2 is 1.79 bits per heavy atom. The largest absolute Gasteiger partial charge is 0.497 e. The van der Waals surface area contributed by atoms with Crippen molar-refractivity contribution in [1.29, 1.82) is 0 Å². The van der Waals surface area contributed by atoms with Crippen molar-refractivity contribution in [3.63, 3.8) is 0 Å². The second kappa shape index (κ2) is 10.3. The molecule has 1 saturated carbocycles. The average Bonchev–Trinajstić information content (AvgIpc) is 3.33. The number of carboxylic acid groups (broad SMARTS) is 1. The molecule has 1 fully saturated rings. The van der Waals surface area contributed by atoms with E-state index in [0.717, 1.165) is 9.58 Å². The molecule has 13 heteroatoms. The third kappa shape index (κ3) is 5.01. The van der Waals surface area contributed by atoms with Crippen LogP contribution >= 0.6 is 0 Å². The second-order valence-electron chi connectivity index (χ2n) is 9.21. The first-order valence-corrected chi connectivity index (χ1v) is 11.8. The van der Waals surface area contributed by atoms with E-state index in [1.165, 1.54) is 32.5 Å². The van der Waals surface area contributed by atoms with Crippen molar-refractivity contribution >= 4 is 34.8 Å². The number of fused-ring (bicyclic) bond motifs is 1. The molecule has 2 heterocycles. The van der Waals surface area contributed by atoms with Gasteiger partial charge in [-0.2, -0.15) is 9.78 Å². The Balaban J connectivity index is 1.58. The first-order chi connectivity index (χ1) is 18.0. The molecule has 0 saturated heterocycles. The highest BCUT2D eigenvalue weighted by Crippen LogP contribution is 2.47. The number of hydrogen-bond acceptors (Lipinski definition) is 7. The molecule has 0 spiro atoms. The number of halogens is 2. The lowest BCUT2D eigenvalue weighted by Gasteiger charge is -2.42. The number of nitrogens with zero attached hydrogens (tertiary/aromatic N) is 4. The predicted octanol–water partition coefficient (Wildman–Crippen LogP) is 2.87. The fourth-order valence-corrected chi connectivity index (χ4v) is 4.79. The number of amides is 2. The van der Waals surface area contributed by atoms with Gasteiger partial charge in [0.2, 0.25) is 11.8 Å². The summed E-state index contributed by atoms with van der Waals surface area (Å²) in [6.07, 6.45) is -1.35. The summed E-state index contributed by atoms with van der Waals surface area (Å²) in [5, 5.41) is 25.4. The molecule has 2 aromatic heterocycles. The van der Waals surface area contributed by atoms with E-state index < -0.39 is 54.7 Å². The number of likely N-dealkylation sites (N-methyl/N-ethyl adjacent to an activating group) is 1. The van der Waals surface area contributed by atoms with Crippen LogP contribution in [0.25, 0.3) is 11.0 Å². The van der Waals surface area contributed by atoms with Gasteiger partial charge in [0.15, 0.2) is 0 Å². The standard InChI is InChI=1S/C25H27F2N5O6/c1-31(19(14-33)21(34)30-20-8-7-18-17(29-20)13-28-32(18)23(36)37)22(35)24(9-11-25(26,27)12-10-24)15-3-5-16(38-2)6-4-15/h3-8,13,19,33H,9-12,14H2,1-2H3,(H,36,37)(H,29,30,34). The SMILES string of the molecule is COc1ccc(C2(C(=O)N(C)C(CO)C(=O)Nc3ccc4c(cnn4C(=O)O)n3)CCC(F)(F)CC2)cc1. The van der Waals surface area contributed by atoms with E-state index in [2.05, 4.69) is 15.4 Å². The molecule has 202 valence electrons. The van der Waals surface area contributed by atoms with Crippen LogP contribution in [0, 0.1) is 0 Å². The monoisotopic (exact) mass is 531 g/mol. The molecule has 11 nitrogen and oxygen atoms in total. The van der Waals surface area contributed by atoms with Gasteiger partial charge in [-0.3, -0.25) is 9.59 Å². The van der Waals surface area contributed by atoms with Crippen molar-refractivity contribution in [2.24, 2.45) is 0 Å². The molecule has 1 aliphatic carbocycles. The third-order valence-corrected chi connectivity index (χ3v) is 7.01. The maximum atomic E-state index is 14.1. The minimum atomic E-state index is -2.90. The lowest BCUT2D eigenvalue weighted by atomic mass is 9.67. The van der Waals surface area contributed by atoms with E-state index in [-0.39, 0.29) is 29.7 Å². The molecule has 1 aromatic carbocycles. The van der Waals surface area contributed by atoms with Crippen LogP contribution in [0.3, 0.4) is 0 Å². The van der Waals surface area contributed by atoms with Gasteiger partial charge >= 0.3 is 6.09 Å². The maximum Gasteiger partial charge on any atom is 0.432 e. The number of aromatic nitrogens is 3. The fraction of sp³-hybridized carbons (Fsp3) is 0.400. The number of anilines is 1. The minimum absolute atomic E-state index is 0.0499. The first-order valence-electron chi connectivity index (χ1n) is 11.8. The van der Waals surface area contributed by atoms with Crippen molar-refractivity contribution in [1.82, 2.24) is 19.7 Å². The molecule has 3 N–H and O–H groups in total. The van der Waals surface area contributed by atoms with Crippen LogP contribution in [0.1, 0.15) is 31.2 Å². The molecular weight excluding hydrogens is 504 g/mol. The van der Waals surface area contributed by atoms with E-state index in [1.807, 2.05) is 0 Å². The summed E-state index contributed by atoms with van der Waals surface area (Å²) in [4.78, 5) is 43.4. The van der Waals surface area contributed by atoms with Crippen molar-refractivity contribution in [2.45, 2.75) is 43.1 Å². The van der Waals surface area contributed by atoms with Crippen LogP contribution in [0.5, 0.6) is 5.75 Å². The Hall–Kier alpha value is -4.13. The van der Waals surface area contributed by atoms with Gasteiger partial charge in [-0.1, -0.05) is 12.1 Å². The Bertz CT molecular complexity index is 1350. The molecule has 1 aliphatic rings. The average molecular weight is 532 g/mol. The molecule has 1 unspecified atom stereocenters. The fourth-order valence-electron chi connectivity index (χ4n) is 4.79. The lowest BCUT2D eigenvalue weighted by molar-refractivity contribution is -0.147. The van der Waals surface area contributed by atoms with E-state index in [9.17, 15) is 28.3 Å². The summed E-state index contributed by atoms with van der Waals surface area (Å²) in [6, 6.07) is 8.00. The maximum absolute atomic E-state index is 14.1. The van der Waals surface area contributed by atoms with Gasteiger partial charge in [0.1, 0.15) is 23.1 Å². The molecule has 38 heavy (non-hydrogen) atoms. The molecule has 0 bridgehead atoms. The van der Waals surface area contributed by atoms with Crippen LogP contribution in [0.2, 0.25) is 0 Å². The Kier molecular flexibility index (Phi) is 7.31. The predicted molar refractivity (Wildman–Crippen MR) is 131 cm³/mol. The number of rotatable bonds is 7. The number of pyridine rings is 1.